The van der Waals surface area contributed by atoms with Gasteiger partial charge in [-0.1, -0.05) is 38.1 Å². The summed E-state index contributed by atoms with van der Waals surface area (Å²) in [4.78, 5) is 16.1. The SMILES string of the molecule is Cc1cc(NCCNC(=O)/C=C/C(C)C)c2ccccc2n1. The Morgan fingerprint density at radius 3 is 2.82 bits per heavy atom. The lowest BCUT2D eigenvalue weighted by molar-refractivity contribution is -0.116. The van der Waals surface area contributed by atoms with Crippen LogP contribution in [0, 0.1) is 12.8 Å². The fourth-order valence-electron chi connectivity index (χ4n) is 2.18. The maximum Gasteiger partial charge on any atom is 0.243 e. The van der Waals surface area contributed by atoms with Gasteiger partial charge >= 0.3 is 0 Å². The molecule has 0 bridgehead atoms. The molecule has 0 spiro atoms. The van der Waals surface area contributed by atoms with E-state index >= 15 is 0 Å². The minimum atomic E-state index is -0.0498. The number of rotatable bonds is 6. The van der Waals surface area contributed by atoms with Crippen molar-refractivity contribution in [3.63, 3.8) is 0 Å². The summed E-state index contributed by atoms with van der Waals surface area (Å²) in [5.41, 5.74) is 3.01. The van der Waals surface area contributed by atoms with E-state index in [-0.39, 0.29) is 5.91 Å². The van der Waals surface area contributed by atoms with Gasteiger partial charge in [-0.3, -0.25) is 9.78 Å². The third-order valence-corrected chi connectivity index (χ3v) is 3.22. The Morgan fingerprint density at radius 2 is 2.05 bits per heavy atom. The lowest BCUT2D eigenvalue weighted by atomic mass is 10.1. The molecule has 4 heteroatoms. The highest BCUT2D eigenvalue weighted by Crippen LogP contribution is 2.22. The van der Waals surface area contributed by atoms with Crippen LogP contribution in [0.2, 0.25) is 0 Å². The molecule has 1 aromatic carbocycles. The molecule has 1 amide bonds. The van der Waals surface area contributed by atoms with Crippen LogP contribution in [-0.4, -0.2) is 24.0 Å². The number of para-hydroxylation sites is 1. The number of hydrogen-bond donors (Lipinski definition) is 2. The molecule has 0 saturated carbocycles. The normalized spacial score (nSPS) is 11.3. The number of carbonyl (C=O) groups excluding carboxylic acids is 1. The largest absolute Gasteiger partial charge is 0.383 e. The van der Waals surface area contributed by atoms with Crippen molar-refractivity contribution < 1.29 is 4.79 Å². The summed E-state index contributed by atoms with van der Waals surface area (Å²) in [6.07, 6.45) is 3.49. The lowest BCUT2D eigenvalue weighted by Crippen LogP contribution is -2.27. The molecule has 0 saturated heterocycles. The Morgan fingerprint density at radius 1 is 1.27 bits per heavy atom. The summed E-state index contributed by atoms with van der Waals surface area (Å²) in [5, 5.41) is 7.33. The predicted octanol–water partition coefficient (Wildman–Crippen LogP) is 3.28. The van der Waals surface area contributed by atoms with Gasteiger partial charge in [0.1, 0.15) is 0 Å². The number of allylic oxidation sites excluding steroid dienone is 1. The molecular weight excluding hydrogens is 274 g/mol. The number of pyridine rings is 1. The second-order valence-corrected chi connectivity index (χ2v) is 5.65. The number of amides is 1. The van der Waals surface area contributed by atoms with Gasteiger partial charge in [-0.2, -0.15) is 0 Å². The number of aryl methyl sites for hydroxylation is 1. The number of carbonyl (C=O) groups is 1. The topological polar surface area (TPSA) is 54.0 Å². The van der Waals surface area contributed by atoms with Crippen molar-refractivity contribution in [2.45, 2.75) is 20.8 Å². The highest BCUT2D eigenvalue weighted by molar-refractivity contribution is 5.91. The third kappa shape index (κ3) is 4.58. The van der Waals surface area contributed by atoms with Gasteiger partial charge in [0.15, 0.2) is 0 Å². The molecule has 0 unspecified atom stereocenters. The Balaban J connectivity index is 1.91. The van der Waals surface area contributed by atoms with Crippen LogP contribution >= 0.6 is 0 Å². The predicted molar refractivity (Wildman–Crippen MR) is 92.0 cm³/mol. The number of anilines is 1. The second-order valence-electron chi connectivity index (χ2n) is 5.65. The number of nitrogens with zero attached hydrogens (tertiary/aromatic N) is 1. The van der Waals surface area contributed by atoms with Gasteiger partial charge < -0.3 is 10.6 Å². The highest BCUT2D eigenvalue weighted by Gasteiger charge is 2.03. The first-order chi connectivity index (χ1) is 10.6. The summed E-state index contributed by atoms with van der Waals surface area (Å²) < 4.78 is 0. The van der Waals surface area contributed by atoms with Gasteiger partial charge in [0, 0.05) is 29.9 Å². The zero-order valence-corrected chi connectivity index (χ0v) is 13.4. The molecule has 2 aromatic rings. The molecule has 4 nitrogen and oxygen atoms in total. The molecule has 2 rings (SSSR count). The smallest absolute Gasteiger partial charge is 0.243 e. The Kier molecular flexibility index (Phi) is 5.53. The summed E-state index contributed by atoms with van der Waals surface area (Å²) in [7, 11) is 0. The molecular formula is C18H23N3O. The molecule has 1 heterocycles. The maximum absolute atomic E-state index is 11.6. The summed E-state index contributed by atoms with van der Waals surface area (Å²) in [6, 6.07) is 10.1. The third-order valence-electron chi connectivity index (χ3n) is 3.22. The molecule has 1 aromatic heterocycles. The average Bonchev–Trinajstić information content (AvgIpc) is 2.49. The van der Waals surface area contributed by atoms with Gasteiger partial charge in [-0.25, -0.2) is 0 Å². The molecule has 0 aliphatic heterocycles. The van der Waals surface area contributed by atoms with Crippen LogP contribution in [0.1, 0.15) is 19.5 Å². The summed E-state index contributed by atoms with van der Waals surface area (Å²) in [6.45, 7) is 7.33. The molecule has 2 N–H and O–H groups in total. The standard InChI is InChI=1S/C18H23N3O/c1-13(2)8-9-18(22)20-11-10-19-17-12-14(3)21-16-7-5-4-6-15(16)17/h4-9,12-13H,10-11H2,1-3H3,(H,19,21)(H,20,22)/b9-8+. The molecule has 116 valence electrons. The van der Waals surface area contributed by atoms with E-state index in [9.17, 15) is 4.79 Å². The monoisotopic (exact) mass is 297 g/mol. The number of nitrogens with one attached hydrogen (secondary N) is 2. The van der Waals surface area contributed by atoms with E-state index < -0.39 is 0 Å². The molecule has 22 heavy (non-hydrogen) atoms. The highest BCUT2D eigenvalue weighted by atomic mass is 16.1. The van der Waals surface area contributed by atoms with Gasteiger partial charge in [0.05, 0.1) is 5.52 Å². The molecule has 0 aliphatic rings. The van der Waals surface area contributed by atoms with Crippen molar-refractivity contribution in [2.24, 2.45) is 5.92 Å². The van der Waals surface area contributed by atoms with E-state index in [4.69, 9.17) is 0 Å². The van der Waals surface area contributed by atoms with Crippen molar-refractivity contribution in [1.82, 2.24) is 10.3 Å². The van der Waals surface area contributed by atoms with Gasteiger partial charge in [0.25, 0.3) is 0 Å². The van der Waals surface area contributed by atoms with Gasteiger partial charge in [0.2, 0.25) is 5.91 Å². The quantitative estimate of drug-likeness (QED) is 0.635. The van der Waals surface area contributed by atoms with Crippen LogP contribution in [-0.2, 0) is 4.79 Å². The maximum atomic E-state index is 11.6. The van der Waals surface area contributed by atoms with E-state index in [0.717, 1.165) is 22.3 Å². The van der Waals surface area contributed by atoms with E-state index in [1.165, 1.54) is 0 Å². The Bertz CT molecular complexity index is 677. The van der Waals surface area contributed by atoms with Crippen LogP contribution in [0.25, 0.3) is 10.9 Å². The number of benzene rings is 1. The molecule has 0 atom stereocenters. The van der Waals surface area contributed by atoms with E-state index in [1.54, 1.807) is 6.08 Å². The first-order valence-corrected chi connectivity index (χ1v) is 7.62. The number of aromatic nitrogens is 1. The van der Waals surface area contributed by atoms with Crippen LogP contribution in [0.4, 0.5) is 5.69 Å². The number of fused-ring (bicyclic) bond motifs is 1. The van der Waals surface area contributed by atoms with Crippen LogP contribution in [0.5, 0.6) is 0 Å². The van der Waals surface area contributed by atoms with Crippen LogP contribution < -0.4 is 10.6 Å². The molecule has 0 fully saturated rings. The van der Waals surface area contributed by atoms with E-state index in [0.29, 0.717) is 19.0 Å². The van der Waals surface area contributed by atoms with Crippen molar-refractivity contribution in [3.05, 3.63) is 48.2 Å². The molecule has 0 radical (unpaired) electrons. The minimum Gasteiger partial charge on any atom is -0.383 e. The fourth-order valence-corrected chi connectivity index (χ4v) is 2.18. The first-order valence-electron chi connectivity index (χ1n) is 7.62. The van der Waals surface area contributed by atoms with Gasteiger partial charge in [-0.15, -0.1) is 0 Å². The molecule has 0 aliphatic carbocycles. The minimum absolute atomic E-state index is 0.0498. The first kappa shape index (κ1) is 16.0. The fraction of sp³-hybridized carbons (Fsp3) is 0.333. The Hall–Kier alpha value is -2.36. The van der Waals surface area contributed by atoms with Crippen molar-refractivity contribution >= 4 is 22.5 Å². The lowest BCUT2D eigenvalue weighted by Gasteiger charge is -2.11. The summed E-state index contributed by atoms with van der Waals surface area (Å²) in [5.74, 6) is 0.335. The van der Waals surface area contributed by atoms with Crippen LogP contribution in [0.3, 0.4) is 0 Å². The van der Waals surface area contributed by atoms with E-state index in [2.05, 4.69) is 15.6 Å². The van der Waals surface area contributed by atoms with Crippen LogP contribution in [0.15, 0.2) is 42.5 Å². The Labute approximate surface area is 131 Å². The number of hydrogen-bond acceptors (Lipinski definition) is 3. The van der Waals surface area contributed by atoms with E-state index in [1.807, 2.05) is 57.2 Å². The zero-order chi connectivity index (χ0) is 15.9. The second kappa shape index (κ2) is 7.59. The van der Waals surface area contributed by atoms with Crippen molar-refractivity contribution in [2.75, 3.05) is 18.4 Å². The average molecular weight is 297 g/mol. The zero-order valence-electron chi connectivity index (χ0n) is 13.4. The van der Waals surface area contributed by atoms with Gasteiger partial charge in [-0.05, 0) is 31.1 Å². The summed E-state index contributed by atoms with van der Waals surface area (Å²) >= 11 is 0. The van der Waals surface area contributed by atoms with Crippen molar-refractivity contribution in [1.29, 1.82) is 0 Å². The van der Waals surface area contributed by atoms with Crippen molar-refractivity contribution in [3.8, 4) is 0 Å².